The third kappa shape index (κ3) is 5.58. The zero-order valence-corrected chi connectivity index (χ0v) is 12.6. The molecule has 0 spiro atoms. The van der Waals surface area contributed by atoms with Crippen molar-refractivity contribution < 1.29 is 18.3 Å². The molecule has 0 saturated carbocycles. The minimum atomic E-state index is -2.79. The van der Waals surface area contributed by atoms with Crippen molar-refractivity contribution >= 4 is 18.3 Å². The van der Waals surface area contributed by atoms with E-state index in [4.69, 9.17) is 4.74 Å². The fraction of sp³-hybridized carbons (Fsp3) is 0.917. The first kappa shape index (κ1) is 18.5. The lowest BCUT2D eigenvalue weighted by atomic mass is 9.89. The number of rotatable bonds is 4. The third-order valence-corrected chi connectivity index (χ3v) is 3.14. The Balaban J connectivity index is 0.00000324. The Labute approximate surface area is 119 Å². The zero-order valence-electron chi connectivity index (χ0n) is 11.8. The predicted molar refractivity (Wildman–Crippen MR) is 71.9 cm³/mol. The quantitative estimate of drug-likeness (QED) is 0.829. The van der Waals surface area contributed by atoms with Crippen LogP contribution >= 0.6 is 12.4 Å². The Hall–Kier alpha value is -0.460. The molecular formula is C12H23ClF2N2O2. The standard InChI is InChI=1S/C12H22F2N2O2.ClH/c1-11(2,3)9(18-4)6-15-10(17)8-5-12(13,14)7-16-8;/h8-9,16H,5-7H2,1-4H3,(H,15,17);1H. The maximum Gasteiger partial charge on any atom is 0.262 e. The topological polar surface area (TPSA) is 50.4 Å². The lowest BCUT2D eigenvalue weighted by Gasteiger charge is -2.29. The highest BCUT2D eigenvalue weighted by Crippen LogP contribution is 2.25. The summed E-state index contributed by atoms with van der Waals surface area (Å²) in [6.45, 7) is 5.88. The summed E-state index contributed by atoms with van der Waals surface area (Å²) in [5.74, 6) is -3.18. The number of methoxy groups -OCH3 is 1. The van der Waals surface area contributed by atoms with Crippen LogP contribution in [0.1, 0.15) is 27.2 Å². The molecule has 1 rings (SSSR count). The molecule has 0 aromatic rings. The van der Waals surface area contributed by atoms with E-state index in [0.717, 1.165) is 0 Å². The van der Waals surface area contributed by atoms with Gasteiger partial charge in [0.05, 0.1) is 18.7 Å². The van der Waals surface area contributed by atoms with Crippen LogP contribution in [0.5, 0.6) is 0 Å². The highest BCUT2D eigenvalue weighted by Gasteiger charge is 2.42. The van der Waals surface area contributed by atoms with Crippen LogP contribution in [0.3, 0.4) is 0 Å². The van der Waals surface area contributed by atoms with Crippen LogP contribution in [-0.4, -0.2) is 44.2 Å². The number of hydrogen-bond acceptors (Lipinski definition) is 3. The van der Waals surface area contributed by atoms with Crippen molar-refractivity contribution in [1.29, 1.82) is 0 Å². The van der Waals surface area contributed by atoms with Crippen molar-refractivity contribution in [3.05, 3.63) is 0 Å². The third-order valence-electron chi connectivity index (χ3n) is 3.14. The first-order valence-corrected chi connectivity index (χ1v) is 6.07. The van der Waals surface area contributed by atoms with Gasteiger partial charge in [-0.25, -0.2) is 8.78 Å². The number of nitrogens with one attached hydrogen (secondary N) is 2. The predicted octanol–water partition coefficient (Wildman–Crippen LogP) is 1.58. The summed E-state index contributed by atoms with van der Waals surface area (Å²) in [5.41, 5.74) is -0.116. The van der Waals surface area contributed by atoms with Crippen LogP contribution in [0.4, 0.5) is 8.78 Å². The van der Waals surface area contributed by atoms with Crippen molar-refractivity contribution in [2.45, 2.75) is 45.3 Å². The lowest BCUT2D eigenvalue weighted by molar-refractivity contribution is -0.124. The van der Waals surface area contributed by atoms with Gasteiger partial charge in [-0.3, -0.25) is 10.1 Å². The Bertz CT molecular complexity index is 309. The molecule has 19 heavy (non-hydrogen) atoms. The maximum absolute atomic E-state index is 12.9. The number of hydrogen-bond donors (Lipinski definition) is 2. The molecule has 7 heteroatoms. The molecule has 1 saturated heterocycles. The van der Waals surface area contributed by atoms with Gasteiger partial charge in [0.2, 0.25) is 5.91 Å². The molecular weight excluding hydrogens is 278 g/mol. The summed E-state index contributed by atoms with van der Waals surface area (Å²) in [6, 6.07) is -0.808. The van der Waals surface area contributed by atoms with E-state index in [9.17, 15) is 13.6 Å². The van der Waals surface area contributed by atoms with E-state index in [1.807, 2.05) is 20.8 Å². The summed E-state index contributed by atoms with van der Waals surface area (Å²) in [6.07, 6.45) is -0.588. The van der Waals surface area contributed by atoms with E-state index in [0.29, 0.717) is 6.54 Å². The van der Waals surface area contributed by atoms with Crippen LogP contribution in [0, 0.1) is 5.41 Å². The molecule has 0 aliphatic carbocycles. The highest BCUT2D eigenvalue weighted by molar-refractivity contribution is 5.85. The number of amides is 1. The molecule has 0 radical (unpaired) electrons. The van der Waals surface area contributed by atoms with E-state index in [-0.39, 0.29) is 23.9 Å². The average Bonchev–Trinajstić information content (AvgIpc) is 2.57. The summed E-state index contributed by atoms with van der Waals surface area (Å²) in [7, 11) is 1.57. The Morgan fingerprint density at radius 2 is 2.11 bits per heavy atom. The molecule has 1 fully saturated rings. The number of carbonyl (C=O) groups excluding carboxylic acids is 1. The van der Waals surface area contributed by atoms with Crippen molar-refractivity contribution in [3.8, 4) is 0 Å². The fourth-order valence-electron chi connectivity index (χ4n) is 1.96. The normalized spacial score (nSPS) is 23.6. The molecule has 0 bridgehead atoms. The molecule has 1 aliphatic heterocycles. The smallest absolute Gasteiger partial charge is 0.262 e. The van der Waals surface area contributed by atoms with Crippen LogP contribution in [0.2, 0.25) is 0 Å². The van der Waals surface area contributed by atoms with Gasteiger partial charge in [0, 0.05) is 20.1 Å². The SMILES string of the molecule is COC(CNC(=O)C1CC(F)(F)CN1)C(C)(C)C.Cl. The molecule has 4 nitrogen and oxygen atoms in total. The molecule has 114 valence electrons. The minimum absolute atomic E-state index is 0. The number of carbonyl (C=O) groups is 1. The van der Waals surface area contributed by atoms with Gasteiger partial charge < -0.3 is 10.1 Å². The number of alkyl halides is 2. The van der Waals surface area contributed by atoms with E-state index in [2.05, 4.69) is 10.6 Å². The monoisotopic (exact) mass is 300 g/mol. The van der Waals surface area contributed by atoms with Gasteiger partial charge in [-0.05, 0) is 5.41 Å². The Morgan fingerprint density at radius 3 is 2.47 bits per heavy atom. The van der Waals surface area contributed by atoms with Gasteiger partial charge in [-0.2, -0.15) is 0 Å². The second kappa shape index (κ2) is 6.81. The first-order valence-electron chi connectivity index (χ1n) is 6.07. The largest absolute Gasteiger partial charge is 0.379 e. The molecule has 2 N–H and O–H groups in total. The number of halogens is 3. The molecule has 0 aromatic carbocycles. The van der Waals surface area contributed by atoms with E-state index in [1.165, 1.54) is 0 Å². The Morgan fingerprint density at radius 1 is 1.53 bits per heavy atom. The first-order chi connectivity index (χ1) is 8.15. The van der Waals surface area contributed by atoms with Gasteiger partial charge in [0.25, 0.3) is 5.92 Å². The molecule has 0 aromatic heterocycles. The summed E-state index contributed by atoms with van der Waals surface area (Å²) in [4.78, 5) is 11.7. The van der Waals surface area contributed by atoms with Crippen LogP contribution < -0.4 is 10.6 Å². The van der Waals surface area contributed by atoms with Gasteiger partial charge in [-0.15, -0.1) is 12.4 Å². The maximum atomic E-state index is 12.9. The van der Waals surface area contributed by atoms with E-state index in [1.54, 1.807) is 7.11 Å². The van der Waals surface area contributed by atoms with Crippen molar-refractivity contribution in [3.63, 3.8) is 0 Å². The van der Waals surface area contributed by atoms with Crippen molar-refractivity contribution in [2.24, 2.45) is 5.41 Å². The Kier molecular flexibility index (Phi) is 6.65. The van der Waals surface area contributed by atoms with Gasteiger partial charge in [-0.1, -0.05) is 20.8 Å². The van der Waals surface area contributed by atoms with Crippen LogP contribution in [0.15, 0.2) is 0 Å². The molecule has 1 aliphatic rings. The summed E-state index contributed by atoms with van der Waals surface area (Å²) >= 11 is 0. The van der Waals surface area contributed by atoms with Crippen molar-refractivity contribution in [1.82, 2.24) is 10.6 Å². The highest BCUT2D eigenvalue weighted by atomic mass is 35.5. The lowest BCUT2D eigenvalue weighted by Crippen LogP contribution is -2.46. The van der Waals surface area contributed by atoms with E-state index < -0.39 is 30.8 Å². The second-order valence-corrected chi connectivity index (χ2v) is 5.83. The van der Waals surface area contributed by atoms with Gasteiger partial charge >= 0.3 is 0 Å². The van der Waals surface area contributed by atoms with Crippen molar-refractivity contribution in [2.75, 3.05) is 20.2 Å². The molecule has 1 amide bonds. The summed E-state index contributed by atoms with van der Waals surface area (Å²) in [5, 5.41) is 5.18. The molecule has 2 unspecified atom stereocenters. The minimum Gasteiger partial charge on any atom is -0.379 e. The molecule has 2 atom stereocenters. The van der Waals surface area contributed by atoms with E-state index >= 15 is 0 Å². The van der Waals surface area contributed by atoms with Gasteiger partial charge in [0.1, 0.15) is 0 Å². The number of ether oxygens (including phenoxy) is 1. The summed E-state index contributed by atoms with van der Waals surface area (Å²) < 4.78 is 31.2. The zero-order chi connectivity index (χ0) is 14.0. The molecule has 1 heterocycles. The van der Waals surface area contributed by atoms with Gasteiger partial charge in [0.15, 0.2) is 0 Å². The fourth-order valence-corrected chi connectivity index (χ4v) is 1.96. The van der Waals surface area contributed by atoms with Crippen LogP contribution in [0.25, 0.3) is 0 Å². The second-order valence-electron chi connectivity index (χ2n) is 5.83. The van der Waals surface area contributed by atoms with Crippen LogP contribution in [-0.2, 0) is 9.53 Å². The average molecular weight is 301 g/mol.